The molecule has 1 fully saturated rings. The van der Waals surface area contributed by atoms with Crippen molar-refractivity contribution in [3.8, 4) is 11.5 Å². The summed E-state index contributed by atoms with van der Waals surface area (Å²) in [6, 6.07) is 17.3. The number of rotatable bonds is 10. The number of likely N-dealkylation sites (tertiary alicyclic amines) is 1. The summed E-state index contributed by atoms with van der Waals surface area (Å²) < 4.78 is 5.75. The minimum Gasteiger partial charge on any atom is -0.457 e. The lowest BCUT2D eigenvalue weighted by Crippen LogP contribution is -2.49. The molecule has 10 heteroatoms. The highest BCUT2D eigenvalue weighted by Gasteiger charge is 2.43. The standard InChI is InChI=1S/C29H33N5O4S/c1-29(2)15-24(28(37)32-13-12-23-14-20(17-39-23)26(30)31)34(18-29)25(35)16-33-27(36)19-8-10-22(11-9-19)38-21-6-4-3-5-7-21/h3-11,14,17,24H,12-13,15-16,18H2,1-2H3,(H3,30,31)(H,32,37)(H,33,36)/t24-/m0/s1. The van der Waals surface area contributed by atoms with Crippen LogP contribution in [0.4, 0.5) is 0 Å². The third-order valence-corrected chi connectivity index (χ3v) is 7.47. The molecule has 9 nitrogen and oxygen atoms in total. The summed E-state index contributed by atoms with van der Waals surface area (Å²) in [5, 5.41) is 14.9. The van der Waals surface area contributed by atoms with Crippen molar-refractivity contribution in [1.82, 2.24) is 15.5 Å². The number of nitrogen functional groups attached to an aromatic ring is 1. The smallest absolute Gasteiger partial charge is 0.251 e. The van der Waals surface area contributed by atoms with Crippen molar-refractivity contribution in [1.29, 1.82) is 5.41 Å². The molecule has 1 atom stereocenters. The van der Waals surface area contributed by atoms with Crippen LogP contribution in [-0.4, -0.2) is 54.1 Å². The minimum absolute atomic E-state index is 0.0186. The van der Waals surface area contributed by atoms with Gasteiger partial charge in [0.25, 0.3) is 5.91 Å². The van der Waals surface area contributed by atoms with Crippen LogP contribution in [0, 0.1) is 10.8 Å². The van der Waals surface area contributed by atoms with Gasteiger partial charge >= 0.3 is 0 Å². The molecule has 39 heavy (non-hydrogen) atoms. The molecule has 204 valence electrons. The number of carbonyl (C=O) groups excluding carboxylic acids is 3. The summed E-state index contributed by atoms with van der Waals surface area (Å²) in [5.41, 5.74) is 6.37. The molecule has 1 aliphatic heterocycles. The number of nitrogens with two attached hydrogens (primary N) is 1. The predicted molar refractivity (Wildman–Crippen MR) is 151 cm³/mol. The molecule has 4 rings (SSSR count). The number of benzene rings is 2. The van der Waals surface area contributed by atoms with Gasteiger partial charge in [-0.15, -0.1) is 11.3 Å². The van der Waals surface area contributed by atoms with Gasteiger partial charge in [0.2, 0.25) is 11.8 Å². The molecule has 2 aromatic carbocycles. The number of ether oxygens (including phenoxy) is 1. The second-order valence-electron chi connectivity index (χ2n) is 10.3. The second-order valence-corrected chi connectivity index (χ2v) is 11.3. The number of hydrogen-bond donors (Lipinski definition) is 4. The van der Waals surface area contributed by atoms with Crippen LogP contribution >= 0.6 is 11.3 Å². The van der Waals surface area contributed by atoms with E-state index in [1.165, 1.54) is 11.3 Å². The molecule has 0 bridgehead atoms. The fraction of sp³-hybridized carbons (Fsp3) is 0.310. The van der Waals surface area contributed by atoms with Crippen molar-refractivity contribution < 1.29 is 19.1 Å². The third-order valence-electron chi connectivity index (χ3n) is 6.47. The number of thiophene rings is 1. The monoisotopic (exact) mass is 547 g/mol. The van der Waals surface area contributed by atoms with Gasteiger partial charge in [0.1, 0.15) is 23.4 Å². The lowest BCUT2D eigenvalue weighted by atomic mass is 9.90. The first-order valence-corrected chi connectivity index (χ1v) is 13.6. The first-order valence-electron chi connectivity index (χ1n) is 12.7. The van der Waals surface area contributed by atoms with Gasteiger partial charge in [-0.05, 0) is 60.7 Å². The van der Waals surface area contributed by atoms with Crippen LogP contribution in [0.2, 0.25) is 0 Å². The summed E-state index contributed by atoms with van der Waals surface area (Å²) in [7, 11) is 0. The van der Waals surface area contributed by atoms with Crippen LogP contribution in [0.15, 0.2) is 66.0 Å². The van der Waals surface area contributed by atoms with E-state index in [1.54, 1.807) is 29.2 Å². The summed E-state index contributed by atoms with van der Waals surface area (Å²) in [6.45, 7) is 4.68. The molecule has 1 aromatic heterocycles. The molecule has 0 spiro atoms. The van der Waals surface area contributed by atoms with Crippen LogP contribution in [-0.2, 0) is 16.0 Å². The van der Waals surface area contributed by atoms with E-state index in [4.69, 9.17) is 15.9 Å². The van der Waals surface area contributed by atoms with Crippen LogP contribution in [0.25, 0.3) is 0 Å². The van der Waals surface area contributed by atoms with E-state index >= 15 is 0 Å². The molecule has 5 N–H and O–H groups in total. The average Bonchev–Trinajstić information content (AvgIpc) is 3.52. The molecule has 0 radical (unpaired) electrons. The zero-order valence-corrected chi connectivity index (χ0v) is 22.8. The van der Waals surface area contributed by atoms with Crippen LogP contribution in [0.5, 0.6) is 11.5 Å². The Morgan fingerprint density at radius 1 is 1.05 bits per heavy atom. The number of carbonyl (C=O) groups is 3. The fourth-order valence-electron chi connectivity index (χ4n) is 4.50. The molecule has 3 aromatic rings. The van der Waals surface area contributed by atoms with E-state index in [2.05, 4.69) is 10.6 Å². The topological polar surface area (TPSA) is 138 Å². The first kappa shape index (κ1) is 27.8. The SMILES string of the molecule is CC1(C)C[C@@H](C(=O)NCCc2cc(C(=N)N)cs2)N(C(=O)CNC(=O)c2ccc(Oc3ccccc3)cc2)C1. The van der Waals surface area contributed by atoms with Crippen molar-refractivity contribution in [2.75, 3.05) is 19.6 Å². The summed E-state index contributed by atoms with van der Waals surface area (Å²) in [6.07, 6.45) is 1.15. The molecule has 3 amide bonds. The largest absolute Gasteiger partial charge is 0.457 e. The van der Waals surface area contributed by atoms with E-state index in [9.17, 15) is 14.4 Å². The third kappa shape index (κ3) is 7.44. The van der Waals surface area contributed by atoms with Gasteiger partial charge in [0, 0.05) is 34.5 Å². The van der Waals surface area contributed by atoms with E-state index in [0.717, 1.165) is 4.88 Å². The second kappa shape index (κ2) is 12.1. The maximum absolute atomic E-state index is 13.1. The van der Waals surface area contributed by atoms with E-state index in [0.29, 0.717) is 48.6 Å². The molecule has 0 unspecified atom stereocenters. The van der Waals surface area contributed by atoms with Crippen LogP contribution in [0.1, 0.15) is 41.1 Å². The summed E-state index contributed by atoms with van der Waals surface area (Å²) in [5.74, 6) is 0.418. The van der Waals surface area contributed by atoms with Gasteiger partial charge in [0.15, 0.2) is 0 Å². The zero-order valence-electron chi connectivity index (χ0n) is 22.0. The van der Waals surface area contributed by atoms with Crippen molar-refractivity contribution in [2.24, 2.45) is 11.1 Å². The molecule has 0 aliphatic carbocycles. The van der Waals surface area contributed by atoms with Gasteiger partial charge in [-0.25, -0.2) is 0 Å². The highest BCUT2D eigenvalue weighted by Crippen LogP contribution is 2.34. The van der Waals surface area contributed by atoms with Gasteiger partial charge in [-0.3, -0.25) is 19.8 Å². The molecule has 0 saturated carbocycles. The normalized spacial score (nSPS) is 15.9. The van der Waals surface area contributed by atoms with E-state index in [1.807, 2.05) is 55.6 Å². The van der Waals surface area contributed by atoms with E-state index < -0.39 is 6.04 Å². The predicted octanol–water partition coefficient (Wildman–Crippen LogP) is 3.54. The number of hydrogen-bond acceptors (Lipinski definition) is 6. The Morgan fingerprint density at radius 3 is 2.41 bits per heavy atom. The summed E-state index contributed by atoms with van der Waals surface area (Å²) in [4.78, 5) is 41.4. The molecule has 1 saturated heterocycles. The Balaban J connectivity index is 1.29. The van der Waals surface area contributed by atoms with Crippen molar-refractivity contribution in [3.63, 3.8) is 0 Å². The maximum Gasteiger partial charge on any atom is 0.251 e. The Hall–Kier alpha value is -4.18. The lowest BCUT2D eigenvalue weighted by Gasteiger charge is -2.24. The van der Waals surface area contributed by atoms with Gasteiger partial charge < -0.3 is 26.0 Å². The molecular formula is C29H33N5O4S. The van der Waals surface area contributed by atoms with E-state index in [-0.39, 0.29) is 35.5 Å². The van der Waals surface area contributed by atoms with Crippen molar-refractivity contribution >= 4 is 34.9 Å². The Kier molecular flexibility index (Phi) is 8.65. The highest BCUT2D eigenvalue weighted by molar-refractivity contribution is 7.10. The van der Waals surface area contributed by atoms with Crippen molar-refractivity contribution in [3.05, 3.63) is 82.0 Å². The molecule has 2 heterocycles. The fourth-order valence-corrected chi connectivity index (χ4v) is 5.39. The molecule has 1 aliphatic rings. The van der Waals surface area contributed by atoms with Gasteiger partial charge in [0.05, 0.1) is 6.54 Å². The number of nitrogens with one attached hydrogen (secondary N) is 3. The first-order chi connectivity index (χ1) is 18.6. The van der Waals surface area contributed by atoms with Gasteiger partial charge in [-0.1, -0.05) is 32.0 Å². The Bertz CT molecular complexity index is 1340. The maximum atomic E-state index is 13.1. The van der Waals surface area contributed by atoms with Crippen LogP contribution in [0.3, 0.4) is 0 Å². The number of para-hydroxylation sites is 1. The number of amidine groups is 1. The summed E-state index contributed by atoms with van der Waals surface area (Å²) >= 11 is 1.49. The zero-order chi connectivity index (χ0) is 28.0. The number of amides is 3. The minimum atomic E-state index is -0.602. The highest BCUT2D eigenvalue weighted by atomic mass is 32.1. The lowest BCUT2D eigenvalue weighted by molar-refractivity contribution is -0.137. The van der Waals surface area contributed by atoms with Crippen molar-refractivity contribution in [2.45, 2.75) is 32.7 Å². The molecular weight excluding hydrogens is 514 g/mol. The quantitative estimate of drug-likeness (QED) is 0.227. The van der Waals surface area contributed by atoms with Crippen LogP contribution < -0.4 is 21.1 Å². The Morgan fingerprint density at radius 2 is 1.74 bits per heavy atom. The Labute approximate surface area is 231 Å². The average molecular weight is 548 g/mol. The van der Waals surface area contributed by atoms with Gasteiger partial charge in [-0.2, -0.15) is 0 Å². The number of nitrogens with zero attached hydrogens (tertiary/aromatic N) is 1.